The summed E-state index contributed by atoms with van der Waals surface area (Å²) in [6, 6.07) is 2.00. The van der Waals surface area contributed by atoms with Crippen molar-refractivity contribution in [2.75, 3.05) is 11.4 Å². The molecular weight excluding hydrogens is 230 g/mol. The molecule has 100 valence electrons. The fraction of sp³-hybridized carbons (Fsp3) is 0.583. The maximum absolute atomic E-state index is 8.71. The van der Waals surface area contributed by atoms with E-state index >= 15 is 0 Å². The first-order chi connectivity index (χ1) is 8.49. The van der Waals surface area contributed by atoms with Gasteiger partial charge in [0, 0.05) is 18.3 Å². The van der Waals surface area contributed by atoms with Crippen molar-refractivity contribution in [1.29, 1.82) is 0 Å². The Hall–Kier alpha value is -1.85. The summed E-state index contributed by atoms with van der Waals surface area (Å²) in [6.07, 6.45) is 1.01. The standard InChI is InChI=1S/C12H21N5O/c1-5-6-17(8(2)3)12-14-9(4)7-10(15-12)11(13)16-18/h7-8,18H,5-6H2,1-4H3,(H2,13,16). The zero-order valence-electron chi connectivity index (χ0n) is 11.4. The topological polar surface area (TPSA) is 87.6 Å². The van der Waals surface area contributed by atoms with Crippen LogP contribution in [0.5, 0.6) is 0 Å². The van der Waals surface area contributed by atoms with E-state index in [0.717, 1.165) is 18.7 Å². The molecule has 6 nitrogen and oxygen atoms in total. The fourth-order valence-electron chi connectivity index (χ4n) is 1.69. The summed E-state index contributed by atoms with van der Waals surface area (Å²) in [5.41, 5.74) is 6.81. The van der Waals surface area contributed by atoms with Gasteiger partial charge in [0.25, 0.3) is 0 Å². The lowest BCUT2D eigenvalue weighted by Crippen LogP contribution is -2.34. The van der Waals surface area contributed by atoms with E-state index in [1.165, 1.54) is 0 Å². The number of amidine groups is 1. The molecule has 3 N–H and O–H groups in total. The lowest BCUT2D eigenvalue weighted by Gasteiger charge is -2.26. The molecule has 6 heteroatoms. The van der Waals surface area contributed by atoms with Crippen molar-refractivity contribution in [1.82, 2.24) is 9.97 Å². The van der Waals surface area contributed by atoms with Crippen LogP contribution in [0.1, 0.15) is 38.6 Å². The highest BCUT2D eigenvalue weighted by atomic mass is 16.4. The molecule has 0 saturated heterocycles. The smallest absolute Gasteiger partial charge is 0.226 e. The average molecular weight is 251 g/mol. The van der Waals surface area contributed by atoms with Crippen LogP contribution in [0.25, 0.3) is 0 Å². The SMILES string of the molecule is CCCN(c1nc(C)cc(/C(N)=N/O)n1)C(C)C. The van der Waals surface area contributed by atoms with Gasteiger partial charge in [-0.1, -0.05) is 12.1 Å². The highest BCUT2D eigenvalue weighted by Crippen LogP contribution is 2.14. The largest absolute Gasteiger partial charge is 0.409 e. The molecule has 18 heavy (non-hydrogen) atoms. The molecule has 1 aromatic heterocycles. The van der Waals surface area contributed by atoms with E-state index in [0.29, 0.717) is 17.7 Å². The lowest BCUT2D eigenvalue weighted by molar-refractivity contribution is 0.318. The Morgan fingerprint density at radius 2 is 2.17 bits per heavy atom. The number of anilines is 1. The van der Waals surface area contributed by atoms with Crippen LogP contribution in [0.4, 0.5) is 5.95 Å². The van der Waals surface area contributed by atoms with E-state index in [1.807, 2.05) is 6.92 Å². The summed E-state index contributed by atoms with van der Waals surface area (Å²) in [5, 5.41) is 11.7. The highest BCUT2D eigenvalue weighted by Gasteiger charge is 2.15. The van der Waals surface area contributed by atoms with Gasteiger partial charge in [0.2, 0.25) is 5.95 Å². The first-order valence-electron chi connectivity index (χ1n) is 6.09. The van der Waals surface area contributed by atoms with E-state index in [-0.39, 0.29) is 5.84 Å². The van der Waals surface area contributed by atoms with Crippen LogP contribution in [0.15, 0.2) is 11.2 Å². The minimum Gasteiger partial charge on any atom is -0.409 e. The second kappa shape index (κ2) is 6.18. The zero-order valence-corrected chi connectivity index (χ0v) is 11.4. The molecule has 0 spiro atoms. The summed E-state index contributed by atoms with van der Waals surface area (Å²) in [6.45, 7) is 9.02. The van der Waals surface area contributed by atoms with Gasteiger partial charge in [0.1, 0.15) is 5.69 Å². The number of hydrogen-bond acceptors (Lipinski definition) is 5. The van der Waals surface area contributed by atoms with Crippen LogP contribution >= 0.6 is 0 Å². The summed E-state index contributed by atoms with van der Waals surface area (Å²) in [5.74, 6) is 0.621. The summed E-state index contributed by atoms with van der Waals surface area (Å²) >= 11 is 0. The van der Waals surface area contributed by atoms with Crippen molar-refractivity contribution in [2.24, 2.45) is 10.9 Å². The van der Waals surface area contributed by atoms with Crippen LogP contribution in [0, 0.1) is 6.92 Å². The third-order valence-corrected chi connectivity index (χ3v) is 2.56. The first-order valence-corrected chi connectivity index (χ1v) is 6.09. The molecule has 0 aliphatic rings. The normalized spacial score (nSPS) is 11.9. The Balaban J connectivity index is 3.18. The van der Waals surface area contributed by atoms with Gasteiger partial charge >= 0.3 is 0 Å². The van der Waals surface area contributed by atoms with Gasteiger partial charge in [0.15, 0.2) is 5.84 Å². The van der Waals surface area contributed by atoms with Gasteiger partial charge < -0.3 is 15.8 Å². The Labute approximate surface area is 108 Å². The third-order valence-electron chi connectivity index (χ3n) is 2.56. The number of oxime groups is 1. The average Bonchev–Trinajstić information content (AvgIpc) is 2.33. The molecule has 0 amide bonds. The summed E-state index contributed by atoms with van der Waals surface area (Å²) in [7, 11) is 0. The van der Waals surface area contributed by atoms with Gasteiger partial charge in [-0.05, 0) is 33.3 Å². The molecule has 0 aromatic carbocycles. The maximum Gasteiger partial charge on any atom is 0.226 e. The molecule has 0 saturated carbocycles. The molecule has 0 atom stereocenters. The minimum atomic E-state index is 0.00181. The molecule has 1 heterocycles. The second-order valence-electron chi connectivity index (χ2n) is 4.47. The van der Waals surface area contributed by atoms with Crippen molar-refractivity contribution in [3.05, 3.63) is 17.5 Å². The van der Waals surface area contributed by atoms with E-state index in [9.17, 15) is 0 Å². The Morgan fingerprint density at radius 3 is 2.67 bits per heavy atom. The van der Waals surface area contributed by atoms with E-state index in [2.05, 4.69) is 40.8 Å². The number of rotatable bonds is 5. The predicted molar refractivity (Wildman–Crippen MR) is 72.1 cm³/mol. The molecule has 1 aromatic rings. The van der Waals surface area contributed by atoms with Crippen LogP contribution in [-0.2, 0) is 0 Å². The van der Waals surface area contributed by atoms with Crippen molar-refractivity contribution in [3.8, 4) is 0 Å². The highest BCUT2D eigenvalue weighted by molar-refractivity contribution is 5.95. The van der Waals surface area contributed by atoms with Gasteiger partial charge in [-0.15, -0.1) is 0 Å². The minimum absolute atomic E-state index is 0.00181. The third kappa shape index (κ3) is 3.32. The van der Waals surface area contributed by atoms with E-state index < -0.39 is 0 Å². The Kier molecular flexibility index (Phi) is 4.88. The van der Waals surface area contributed by atoms with E-state index in [1.54, 1.807) is 6.07 Å². The van der Waals surface area contributed by atoms with Crippen LogP contribution in [-0.4, -0.2) is 33.6 Å². The molecule has 0 radical (unpaired) electrons. The Bertz CT molecular complexity index is 430. The lowest BCUT2D eigenvalue weighted by atomic mass is 10.3. The van der Waals surface area contributed by atoms with Gasteiger partial charge in [0.05, 0.1) is 0 Å². The quantitative estimate of drug-likeness (QED) is 0.358. The summed E-state index contributed by atoms with van der Waals surface area (Å²) < 4.78 is 0. The van der Waals surface area contributed by atoms with Crippen LogP contribution in [0.2, 0.25) is 0 Å². The van der Waals surface area contributed by atoms with Crippen molar-refractivity contribution >= 4 is 11.8 Å². The van der Waals surface area contributed by atoms with Crippen LogP contribution in [0.3, 0.4) is 0 Å². The molecule has 0 fully saturated rings. The Morgan fingerprint density at radius 1 is 1.50 bits per heavy atom. The molecule has 1 rings (SSSR count). The van der Waals surface area contributed by atoms with Crippen molar-refractivity contribution in [3.63, 3.8) is 0 Å². The van der Waals surface area contributed by atoms with Gasteiger partial charge in [-0.2, -0.15) is 0 Å². The molecule has 0 unspecified atom stereocenters. The fourth-order valence-corrected chi connectivity index (χ4v) is 1.69. The van der Waals surface area contributed by atoms with Gasteiger partial charge in [-0.3, -0.25) is 0 Å². The molecule has 0 aliphatic heterocycles. The number of aromatic nitrogens is 2. The first kappa shape index (κ1) is 14.2. The second-order valence-corrected chi connectivity index (χ2v) is 4.47. The number of nitrogens with zero attached hydrogens (tertiary/aromatic N) is 4. The van der Waals surface area contributed by atoms with Crippen molar-refractivity contribution in [2.45, 2.75) is 40.2 Å². The van der Waals surface area contributed by atoms with Crippen molar-refractivity contribution < 1.29 is 5.21 Å². The number of hydrogen-bond donors (Lipinski definition) is 2. The zero-order chi connectivity index (χ0) is 13.7. The molecule has 0 bridgehead atoms. The summed E-state index contributed by atoms with van der Waals surface area (Å²) in [4.78, 5) is 10.9. The predicted octanol–water partition coefficient (Wildman–Crippen LogP) is 1.50. The van der Waals surface area contributed by atoms with E-state index in [4.69, 9.17) is 10.9 Å². The molecular formula is C12H21N5O. The van der Waals surface area contributed by atoms with Gasteiger partial charge in [-0.25, -0.2) is 9.97 Å². The number of aryl methyl sites for hydroxylation is 1. The number of nitrogens with two attached hydrogens (primary N) is 1. The maximum atomic E-state index is 8.71. The van der Waals surface area contributed by atoms with Crippen LogP contribution < -0.4 is 10.6 Å². The monoisotopic (exact) mass is 251 g/mol. The molecule has 0 aliphatic carbocycles.